The van der Waals surface area contributed by atoms with E-state index in [-0.39, 0.29) is 18.1 Å². The highest BCUT2D eigenvalue weighted by Crippen LogP contribution is 2.12. The fourth-order valence-electron chi connectivity index (χ4n) is 2.05. The Morgan fingerprint density at radius 3 is 2.50 bits per heavy atom. The fourth-order valence-corrected chi connectivity index (χ4v) is 2.05. The van der Waals surface area contributed by atoms with E-state index in [9.17, 15) is 4.79 Å². The van der Waals surface area contributed by atoms with Crippen LogP contribution in [-0.4, -0.2) is 38.3 Å². The van der Waals surface area contributed by atoms with E-state index in [1.54, 1.807) is 0 Å². The van der Waals surface area contributed by atoms with E-state index in [1.807, 2.05) is 46.0 Å². The van der Waals surface area contributed by atoms with Gasteiger partial charge in [-0.15, -0.1) is 0 Å². The van der Waals surface area contributed by atoms with Crippen LogP contribution in [0.3, 0.4) is 0 Å². The molecule has 0 aromatic heterocycles. The number of anilines is 1. The van der Waals surface area contributed by atoms with Crippen LogP contribution < -0.4 is 10.2 Å². The predicted octanol–water partition coefficient (Wildman–Crippen LogP) is 2.44. The van der Waals surface area contributed by atoms with E-state index < -0.39 is 0 Å². The number of nitrogens with one attached hydrogen (secondary N) is 1. The summed E-state index contributed by atoms with van der Waals surface area (Å²) < 4.78 is 5.12. The molecule has 0 radical (unpaired) electrons. The van der Waals surface area contributed by atoms with Crippen molar-refractivity contribution in [1.82, 2.24) is 5.32 Å². The average molecular weight is 278 g/mol. The lowest BCUT2D eigenvalue weighted by Gasteiger charge is -2.24. The van der Waals surface area contributed by atoms with E-state index in [0.29, 0.717) is 6.61 Å². The first-order chi connectivity index (χ1) is 9.54. The topological polar surface area (TPSA) is 41.6 Å². The van der Waals surface area contributed by atoms with Gasteiger partial charge in [0, 0.05) is 25.3 Å². The Labute approximate surface area is 122 Å². The Hall–Kier alpha value is -1.55. The summed E-state index contributed by atoms with van der Waals surface area (Å²) in [5.41, 5.74) is 1.15. The zero-order valence-electron chi connectivity index (χ0n) is 12.9. The molecule has 0 saturated heterocycles. The molecule has 1 N–H and O–H groups in total. The van der Waals surface area contributed by atoms with Gasteiger partial charge in [-0.3, -0.25) is 4.79 Å². The Kier molecular flexibility index (Phi) is 7.09. The van der Waals surface area contributed by atoms with Crippen LogP contribution in [0.2, 0.25) is 0 Å². The molecule has 1 aromatic carbocycles. The zero-order chi connectivity index (χ0) is 15.0. The van der Waals surface area contributed by atoms with Crippen molar-refractivity contribution in [3.05, 3.63) is 30.3 Å². The molecule has 0 aliphatic rings. The summed E-state index contributed by atoms with van der Waals surface area (Å²) in [6.45, 7) is 7.12. The van der Waals surface area contributed by atoms with Crippen LogP contribution in [0.4, 0.5) is 5.69 Å². The summed E-state index contributed by atoms with van der Waals surface area (Å²) in [6.07, 6.45) is 0.725. The van der Waals surface area contributed by atoms with Gasteiger partial charge in [-0.1, -0.05) is 32.0 Å². The number of para-hydroxylation sites is 1. The first-order valence-corrected chi connectivity index (χ1v) is 7.23. The normalized spacial score (nSPS) is 12.2. The molecule has 0 saturated carbocycles. The quantitative estimate of drug-likeness (QED) is 0.742. The highest BCUT2D eigenvalue weighted by molar-refractivity contribution is 5.75. The van der Waals surface area contributed by atoms with Gasteiger partial charge in [-0.05, 0) is 25.5 Å². The first-order valence-electron chi connectivity index (χ1n) is 7.23. The van der Waals surface area contributed by atoms with Gasteiger partial charge in [0.15, 0.2) is 0 Å². The van der Waals surface area contributed by atoms with Crippen molar-refractivity contribution in [2.75, 3.05) is 25.1 Å². The Balaban J connectivity index is 2.55. The molecular weight excluding hydrogens is 252 g/mol. The number of esters is 1. The minimum absolute atomic E-state index is 0.164. The van der Waals surface area contributed by atoms with Crippen LogP contribution in [0.5, 0.6) is 0 Å². The molecule has 4 heteroatoms. The molecule has 0 bridgehead atoms. The highest BCUT2D eigenvalue weighted by Gasteiger charge is 2.20. The lowest BCUT2D eigenvalue weighted by atomic mass is 10.1. The SMILES string of the molecule is CCOC(=O)C(CCN(C)c1ccccc1)NC(C)C. The maximum atomic E-state index is 11.9. The number of ether oxygens (including phenoxy) is 1. The van der Waals surface area contributed by atoms with Crippen LogP contribution in [-0.2, 0) is 9.53 Å². The van der Waals surface area contributed by atoms with Gasteiger partial charge in [-0.2, -0.15) is 0 Å². The summed E-state index contributed by atoms with van der Waals surface area (Å²) in [6, 6.07) is 10.2. The summed E-state index contributed by atoms with van der Waals surface area (Å²) in [4.78, 5) is 14.1. The van der Waals surface area contributed by atoms with Crippen LogP contribution >= 0.6 is 0 Å². The standard InChI is InChI=1S/C16H26N2O2/c1-5-20-16(19)15(17-13(2)3)11-12-18(4)14-9-7-6-8-10-14/h6-10,13,15,17H,5,11-12H2,1-4H3. The molecule has 0 aliphatic carbocycles. The Morgan fingerprint density at radius 1 is 1.30 bits per heavy atom. The molecule has 1 atom stereocenters. The molecule has 0 amide bonds. The van der Waals surface area contributed by atoms with Crippen molar-refractivity contribution in [2.45, 2.75) is 39.3 Å². The second-order valence-corrected chi connectivity index (χ2v) is 5.17. The molecule has 0 fully saturated rings. The van der Waals surface area contributed by atoms with Crippen molar-refractivity contribution in [3.63, 3.8) is 0 Å². The zero-order valence-corrected chi connectivity index (χ0v) is 12.9. The van der Waals surface area contributed by atoms with Gasteiger partial charge < -0.3 is 15.0 Å². The van der Waals surface area contributed by atoms with Crippen LogP contribution in [0, 0.1) is 0 Å². The number of hydrogen-bond donors (Lipinski definition) is 1. The lowest BCUT2D eigenvalue weighted by molar-refractivity contribution is -0.146. The van der Waals surface area contributed by atoms with Crippen molar-refractivity contribution in [3.8, 4) is 0 Å². The van der Waals surface area contributed by atoms with Crippen molar-refractivity contribution >= 4 is 11.7 Å². The Morgan fingerprint density at radius 2 is 1.95 bits per heavy atom. The van der Waals surface area contributed by atoms with Crippen LogP contribution in [0.15, 0.2) is 30.3 Å². The molecule has 0 aliphatic heterocycles. The maximum absolute atomic E-state index is 11.9. The number of benzene rings is 1. The average Bonchev–Trinajstić information content (AvgIpc) is 2.43. The molecule has 112 valence electrons. The second-order valence-electron chi connectivity index (χ2n) is 5.17. The number of hydrogen-bond acceptors (Lipinski definition) is 4. The van der Waals surface area contributed by atoms with Gasteiger partial charge in [0.25, 0.3) is 0 Å². The minimum atomic E-state index is -0.249. The van der Waals surface area contributed by atoms with E-state index in [1.165, 1.54) is 0 Å². The summed E-state index contributed by atoms with van der Waals surface area (Å²) in [5.74, 6) is -0.164. The Bertz CT molecular complexity index is 393. The smallest absolute Gasteiger partial charge is 0.323 e. The van der Waals surface area contributed by atoms with Crippen molar-refractivity contribution in [1.29, 1.82) is 0 Å². The molecule has 1 aromatic rings. The minimum Gasteiger partial charge on any atom is -0.465 e. The molecule has 0 heterocycles. The number of carbonyl (C=O) groups excluding carboxylic acids is 1. The summed E-state index contributed by atoms with van der Waals surface area (Å²) in [5, 5.41) is 3.27. The van der Waals surface area contributed by atoms with Crippen molar-refractivity contribution < 1.29 is 9.53 Å². The molecular formula is C16H26N2O2. The van der Waals surface area contributed by atoms with E-state index >= 15 is 0 Å². The van der Waals surface area contributed by atoms with E-state index in [0.717, 1.165) is 18.7 Å². The maximum Gasteiger partial charge on any atom is 0.323 e. The number of nitrogens with zero attached hydrogens (tertiary/aromatic N) is 1. The summed E-state index contributed by atoms with van der Waals surface area (Å²) in [7, 11) is 2.03. The lowest BCUT2D eigenvalue weighted by Crippen LogP contribution is -2.43. The largest absolute Gasteiger partial charge is 0.465 e. The third-order valence-electron chi connectivity index (χ3n) is 3.06. The van der Waals surface area contributed by atoms with Gasteiger partial charge in [0.05, 0.1) is 6.61 Å². The number of rotatable bonds is 8. The van der Waals surface area contributed by atoms with Gasteiger partial charge in [0.1, 0.15) is 6.04 Å². The van der Waals surface area contributed by atoms with Gasteiger partial charge in [-0.25, -0.2) is 0 Å². The predicted molar refractivity (Wildman–Crippen MR) is 83.0 cm³/mol. The molecule has 0 spiro atoms. The monoisotopic (exact) mass is 278 g/mol. The third kappa shape index (κ3) is 5.61. The second kappa shape index (κ2) is 8.59. The molecule has 4 nitrogen and oxygen atoms in total. The third-order valence-corrected chi connectivity index (χ3v) is 3.06. The van der Waals surface area contributed by atoms with Gasteiger partial charge in [0.2, 0.25) is 0 Å². The van der Waals surface area contributed by atoms with Gasteiger partial charge >= 0.3 is 5.97 Å². The number of carbonyl (C=O) groups is 1. The molecule has 1 rings (SSSR count). The highest BCUT2D eigenvalue weighted by atomic mass is 16.5. The summed E-state index contributed by atoms with van der Waals surface area (Å²) >= 11 is 0. The first kappa shape index (κ1) is 16.5. The van der Waals surface area contributed by atoms with E-state index in [2.05, 4.69) is 22.3 Å². The van der Waals surface area contributed by atoms with Crippen LogP contribution in [0.25, 0.3) is 0 Å². The van der Waals surface area contributed by atoms with E-state index in [4.69, 9.17) is 4.74 Å². The van der Waals surface area contributed by atoms with Crippen LogP contribution in [0.1, 0.15) is 27.2 Å². The molecule has 1 unspecified atom stereocenters. The molecule has 20 heavy (non-hydrogen) atoms. The fraction of sp³-hybridized carbons (Fsp3) is 0.562. The van der Waals surface area contributed by atoms with Crippen molar-refractivity contribution in [2.24, 2.45) is 0 Å².